The highest BCUT2D eigenvalue weighted by Crippen LogP contribution is 2.26. The lowest BCUT2D eigenvalue weighted by molar-refractivity contribution is 0.0746. The lowest BCUT2D eigenvalue weighted by Crippen LogP contribution is -2.29. The summed E-state index contributed by atoms with van der Waals surface area (Å²) in [7, 11) is 1.86. The third kappa shape index (κ3) is 3.02. The maximum absolute atomic E-state index is 12.7. The fourth-order valence-electron chi connectivity index (χ4n) is 2.10. The highest BCUT2D eigenvalue weighted by atomic mass is 32.1. The van der Waals surface area contributed by atoms with E-state index in [1.807, 2.05) is 49.7 Å². The Morgan fingerprint density at radius 3 is 2.70 bits per heavy atom. The Morgan fingerprint density at radius 1 is 1.30 bits per heavy atom. The van der Waals surface area contributed by atoms with Crippen molar-refractivity contribution < 1.29 is 4.79 Å². The summed E-state index contributed by atoms with van der Waals surface area (Å²) in [6.45, 7) is 4.88. The highest BCUT2D eigenvalue weighted by Gasteiger charge is 2.21. The van der Waals surface area contributed by atoms with Crippen molar-refractivity contribution in [2.75, 3.05) is 18.9 Å². The van der Waals surface area contributed by atoms with E-state index in [9.17, 15) is 4.79 Å². The number of hydrogen-bond acceptors (Lipinski definition) is 3. The molecule has 1 atom stereocenters. The number of carbonyl (C=O) groups excluding carboxylic acids is 1. The van der Waals surface area contributed by atoms with E-state index in [-0.39, 0.29) is 11.9 Å². The minimum Gasteiger partial charge on any atom is -0.385 e. The zero-order chi connectivity index (χ0) is 14.5. The number of nitrogens with one attached hydrogen (secondary N) is 1. The molecule has 20 heavy (non-hydrogen) atoms. The largest absolute Gasteiger partial charge is 0.385 e. The first-order valence-corrected chi connectivity index (χ1v) is 7.66. The lowest BCUT2D eigenvalue weighted by Gasteiger charge is -2.25. The number of amides is 1. The van der Waals surface area contributed by atoms with Crippen LogP contribution in [0, 0.1) is 0 Å². The molecular weight excluding hydrogens is 268 g/mol. The summed E-state index contributed by atoms with van der Waals surface area (Å²) in [6, 6.07) is 11.8. The van der Waals surface area contributed by atoms with Gasteiger partial charge in [0.05, 0.1) is 11.6 Å². The Bertz CT molecular complexity index is 566. The molecule has 2 rings (SSSR count). The second-order valence-electron chi connectivity index (χ2n) is 4.68. The van der Waals surface area contributed by atoms with Crippen LogP contribution in [0.15, 0.2) is 41.8 Å². The maximum Gasteiger partial charge on any atom is 0.256 e. The van der Waals surface area contributed by atoms with Gasteiger partial charge in [0.25, 0.3) is 5.91 Å². The second-order valence-corrected chi connectivity index (χ2v) is 5.66. The molecule has 3 nitrogen and oxygen atoms in total. The quantitative estimate of drug-likeness (QED) is 0.901. The van der Waals surface area contributed by atoms with Crippen molar-refractivity contribution in [2.45, 2.75) is 19.9 Å². The van der Waals surface area contributed by atoms with E-state index < -0.39 is 0 Å². The Hall–Kier alpha value is -1.81. The molecule has 0 saturated heterocycles. The van der Waals surface area contributed by atoms with Crippen molar-refractivity contribution in [3.05, 3.63) is 52.2 Å². The fourth-order valence-corrected chi connectivity index (χ4v) is 2.93. The zero-order valence-electron chi connectivity index (χ0n) is 12.1. The van der Waals surface area contributed by atoms with Gasteiger partial charge in [0.2, 0.25) is 0 Å². The monoisotopic (exact) mass is 288 g/mol. The fraction of sp³-hybridized carbons (Fsp3) is 0.312. The molecule has 106 valence electrons. The number of nitrogens with zero attached hydrogens (tertiary/aromatic N) is 1. The number of hydrogen-bond donors (Lipinski definition) is 1. The molecule has 1 heterocycles. The Balaban J connectivity index is 2.22. The molecule has 1 unspecified atom stereocenters. The number of para-hydroxylation sites is 1. The molecule has 0 saturated carbocycles. The minimum atomic E-state index is 0.0439. The van der Waals surface area contributed by atoms with Crippen molar-refractivity contribution >= 4 is 22.9 Å². The summed E-state index contributed by atoms with van der Waals surface area (Å²) in [6.07, 6.45) is 0. The summed E-state index contributed by atoms with van der Waals surface area (Å²) in [5, 5.41) is 5.28. The summed E-state index contributed by atoms with van der Waals surface area (Å²) >= 11 is 1.68. The van der Waals surface area contributed by atoms with Crippen molar-refractivity contribution in [2.24, 2.45) is 0 Å². The van der Waals surface area contributed by atoms with Gasteiger partial charge in [-0.2, -0.15) is 0 Å². The van der Waals surface area contributed by atoms with E-state index in [2.05, 4.69) is 18.3 Å². The van der Waals surface area contributed by atoms with Crippen molar-refractivity contribution in [3.63, 3.8) is 0 Å². The molecule has 0 aliphatic carbocycles. The Kier molecular flexibility index (Phi) is 4.79. The van der Waals surface area contributed by atoms with Crippen molar-refractivity contribution in [3.8, 4) is 0 Å². The SMILES string of the molecule is CCNc1ccccc1C(=O)N(C)C(C)c1cccs1. The first kappa shape index (κ1) is 14.6. The van der Waals surface area contributed by atoms with Crippen LogP contribution in [0.25, 0.3) is 0 Å². The standard InChI is InChI=1S/C16H20N2OS/c1-4-17-14-9-6-5-8-13(14)16(19)18(3)12(2)15-10-7-11-20-15/h5-12,17H,4H2,1-3H3. The van der Waals surface area contributed by atoms with Gasteiger partial charge in [-0.3, -0.25) is 4.79 Å². The second kappa shape index (κ2) is 6.57. The molecular formula is C16H20N2OS. The average Bonchev–Trinajstić information content (AvgIpc) is 3.00. The van der Waals surface area contributed by atoms with E-state index in [0.717, 1.165) is 17.8 Å². The lowest BCUT2D eigenvalue weighted by atomic mass is 10.1. The van der Waals surface area contributed by atoms with E-state index in [0.29, 0.717) is 0 Å². The van der Waals surface area contributed by atoms with Crippen LogP contribution >= 0.6 is 11.3 Å². The summed E-state index contributed by atoms with van der Waals surface area (Å²) in [5.74, 6) is 0.0439. The molecule has 1 N–H and O–H groups in total. The van der Waals surface area contributed by atoms with Crippen LogP contribution in [0.5, 0.6) is 0 Å². The van der Waals surface area contributed by atoms with Crippen LogP contribution in [-0.4, -0.2) is 24.4 Å². The minimum absolute atomic E-state index is 0.0439. The summed E-state index contributed by atoms with van der Waals surface area (Å²) < 4.78 is 0. The zero-order valence-corrected chi connectivity index (χ0v) is 12.9. The topological polar surface area (TPSA) is 32.3 Å². The van der Waals surface area contributed by atoms with Gasteiger partial charge >= 0.3 is 0 Å². The van der Waals surface area contributed by atoms with Gasteiger partial charge < -0.3 is 10.2 Å². The van der Waals surface area contributed by atoms with Crippen LogP contribution in [0.1, 0.15) is 35.1 Å². The molecule has 0 bridgehead atoms. The molecule has 1 amide bonds. The molecule has 0 fully saturated rings. The Labute approximate surface area is 124 Å². The van der Waals surface area contributed by atoms with Crippen molar-refractivity contribution in [1.29, 1.82) is 0 Å². The van der Waals surface area contributed by atoms with Crippen molar-refractivity contribution in [1.82, 2.24) is 4.90 Å². The highest BCUT2D eigenvalue weighted by molar-refractivity contribution is 7.10. The maximum atomic E-state index is 12.7. The van der Waals surface area contributed by atoms with E-state index in [4.69, 9.17) is 0 Å². The number of benzene rings is 1. The first-order chi connectivity index (χ1) is 9.65. The smallest absolute Gasteiger partial charge is 0.256 e. The van der Waals surface area contributed by atoms with Crippen LogP contribution in [0.3, 0.4) is 0 Å². The van der Waals surface area contributed by atoms with Gasteiger partial charge in [0.15, 0.2) is 0 Å². The third-order valence-electron chi connectivity index (χ3n) is 3.38. The predicted molar refractivity (Wildman–Crippen MR) is 85.4 cm³/mol. The summed E-state index contributed by atoms with van der Waals surface area (Å²) in [4.78, 5) is 15.7. The number of rotatable bonds is 5. The third-order valence-corrected chi connectivity index (χ3v) is 4.42. The van der Waals surface area contributed by atoms with E-state index in [1.165, 1.54) is 4.88 Å². The van der Waals surface area contributed by atoms with Gasteiger partial charge in [-0.05, 0) is 37.4 Å². The van der Waals surface area contributed by atoms with Crippen LogP contribution in [0.2, 0.25) is 0 Å². The van der Waals surface area contributed by atoms with Gasteiger partial charge in [0, 0.05) is 24.2 Å². The summed E-state index contributed by atoms with van der Waals surface area (Å²) in [5.41, 5.74) is 1.62. The van der Waals surface area contributed by atoms with Crippen LogP contribution in [-0.2, 0) is 0 Å². The molecule has 2 aromatic rings. The van der Waals surface area contributed by atoms with E-state index >= 15 is 0 Å². The van der Waals surface area contributed by atoms with Crippen LogP contribution in [0.4, 0.5) is 5.69 Å². The number of anilines is 1. The molecule has 0 spiro atoms. The van der Waals surface area contributed by atoms with Gasteiger partial charge in [0.1, 0.15) is 0 Å². The van der Waals surface area contributed by atoms with Crippen LogP contribution < -0.4 is 5.32 Å². The predicted octanol–water partition coefficient (Wildman–Crippen LogP) is 4.01. The Morgan fingerprint density at radius 2 is 2.05 bits per heavy atom. The number of carbonyl (C=O) groups is 1. The molecule has 0 aliphatic rings. The van der Waals surface area contributed by atoms with Gasteiger partial charge in [-0.1, -0.05) is 18.2 Å². The first-order valence-electron chi connectivity index (χ1n) is 6.78. The van der Waals surface area contributed by atoms with E-state index in [1.54, 1.807) is 16.2 Å². The molecule has 0 radical (unpaired) electrons. The molecule has 4 heteroatoms. The molecule has 1 aromatic heterocycles. The molecule has 1 aromatic carbocycles. The molecule has 0 aliphatic heterocycles. The normalized spacial score (nSPS) is 11.9. The average molecular weight is 288 g/mol. The van der Waals surface area contributed by atoms with Gasteiger partial charge in [-0.25, -0.2) is 0 Å². The number of thiophene rings is 1. The van der Waals surface area contributed by atoms with Gasteiger partial charge in [-0.15, -0.1) is 11.3 Å².